The topological polar surface area (TPSA) is 33.6 Å². The van der Waals surface area contributed by atoms with Gasteiger partial charge >= 0.3 is 0 Å². The molecule has 0 saturated carbocycles. The molecule has 1 aliphatic rings. The molecule has 5 heteroatoms. The van der Waals surface area contributed by atoms with Gasteiger partial charge in [-0.05, 0) is 30.2 Å². The van der Waals surface area contributed by atoms with E-state index in [0.29, 0.717) is 0 Å². The summed E-state index contributed by atoms with van der Waals surface area (Å²) in [6, 6.07) is 14.6. The predicted molar refractivity (Wildman–Crippen MR) is 101 cm³/mol. The fourth-order valence-electron chi connectivity index (χ4n) is 2.51. The molecule has 0 bridgehead atoms. The van der Waals surface area contributed by atoms with Crippen molar-refractivity contribution in [2.45, 2.75) is 17.1 Å². The smallest absolute Gasteiger partial charge is 0.132 e. The van der Waals surface area contributed by atoms with Gasteiger partial charge in [0.2, 0.25) is 0 Å². The minimum Gasteiger partial charge on any atom is -0.496 e. The molecule has 0 aromatic heterocycles. The van der Waals surface area contributed by atoms with E-state index in [0.717, 1.165) is 46.2 Å². The van der Waals surface area contributed by atoms with Crippen LogP contribution in [0.2, 0.25) is 0 Å². The van der Waals surface area contributed by atoms with Crippen LogP contribution in [-0.2, 0) is 5.75 Å². The van der Waals surface area contributed by atoms with Gasteiger partial charge in [0, 0.05) is 28.9 Å². The molecule has 0 aliphatic carbocycles. The number of benzene rings is 2. The number of hydrogen-bond donors (Lipinski definition) is 1. The van der Waals surface area contributed by atoms with Gasteiger partial charge in [0.25, 0.3) is 0 Å². The lowest BCUT2D eigenvalue weighted by Gasteiger charge is -2.17. The second-order valence-corrected chi connectivity index (χ2v) is 7.18. The highest BCUT2D eigenvalue weighted by Crippen LogP contribution is 2.34. The van der Waals surface area contributed by atoms with Crippen molar-refractivity contribution in [2.24, 2.45) is 4.99 Å². The van der Waals surface area contributed by atoms with Crippen LogP contribution in [-0.4, -0.2) is 26.0 Å². The third-order valence-electron chi connectivity index (χ3n) is 3.68. The van der Waals surface area contributed by atoms with Crippen LogP contribution in [0.3, 0.4) is 0 Å². The monoisotopic (exact) mass is 390 g/mol. The summed E-state index contributed by atoms with van der Waals surface area (Å²) in [5.74, 6) is 2.81. The van der Waals surface area contributed by atoms with E-state index >= 15 is 0 Å². The Bertz CT molecular complexity index is 718. The first-order valence-electron chi connectivity index (χ1n) is 7.61. The fourth-order valence-corrected chi connectivity index (χ4v) is 4.09. The highest BCUT2D eigenvalue weighted by Gasteiger charge is 2.12. The molecule has 23 heavy (non-hydrogen) atoms. The van der Waals surface area contributed by atoms with Crippen molar-refractivity contribution in [3.8, 4) is 5.75 Å². The van der Waals surface area contributed by atoms with Gasteiger partial charge in [-0.1, -0.05) is 40.2 Å². The minimum absolute atomic E-state index is 0.879. The molecule has 1 N–H and O–H groups in total. The van der Waals surface area contributed by atoms with Crippen LogP contribution in [0.25, 0.3) is 0 Å². The van der Waals surface area contributed by atoms with Crippen LogP contribution in [0.5, 0.6) is 5.75 Å². The van der Waals surface area contributed by atoms with Gasteiger partial charge in [0.05, 0.1) is 12.0 Å². The van der Waals surface area contributed by atoms with Crippen LogP contribution in [0.1, 0.15) is 17.5 Å². The average Bonchev–Trinajstić information content (AvgIpc) is 2.61. The van der Waals surface area contributed by atoms with Crippen LogP contribution >= 0.6 is 27.7 Å². The van der Waals surface area contributed by atoms with Gasteiger partial charge < -0.3 is 10.1 Å². The molecular formula is C18H19BrN2OS. The Labute approximate surface area is 149 Å². The lowest BCUT2D eigenvalue weighted by atomic mass is 10.1. The average molecular weight is 391 g/mol. The first-order chi connectivity index (χ1) is 11.3. The molecule has 0 fully saturated rings. The number of rotatable bonds is 5. The number of nitrogens with zero attached hydrogens (tertiary/aromatic N) is 1. The lowest BCUT2D eigenvalue weighted by Crippen LogP contribution is -2.30. The molecule has 0 saturated heterocycles. The number of nitrogens with one attached hydrogen (secondary N) is 1. The van der Waals surface area contributed by atoms with E-state index in [9.17, 15) is 0 Å². The number of ether oxygens (including phenoxy) is 1. The van der Waals surface area contributed by atoms with Crippen molar-refractivity contribution >= 4 is 33.5 Å². The summed E-state index contributed by atoms with van der Waals surface area (Å²) in [5, 5.41) is 3.41. The Morgan fingerprint density at radius 1 is 1.26 bits per heavy atom. The minimum atomic E-state index is 0.879. The molecule has 0 atom stereocenters. The number of halogens is 1. The number of aliphatic imine (C=N–C) groups is 1. The molecule has 3 rings (SSSR count). The van der Waals surface area contributed by atoms with Crippen molar-refractivity contribution in [1.29, 1.82) is 0 Å². The third kappa shape index (κ3) is 4.09. The molecule has 120 valence electrons. The second kappa shape index (κ2) is 7.88. The normalized spacial score (nSPS) is 14.1. The van der Waals surface area contributed by atoms with E-state index in [-0.39, 0.29) is 0 Å². The van der Waals surface area contributed by atoms with Crippen molar-refractivity contribution in [1.82, 2.24) is 5.32 Å². The zero-order valence-corrected chi connectivity index (χ0v) is 15.4. The molecule has 1 heterocycles. The molecule has 0 unspecified atom stereocenters. The Balaban J connectivity index is 1.81. The zero-order chi connectivity index (χ0) is 16.1. The Morgan fingerprint density at radius 3 is 2.91 bits per heavy atom. The number of amidine groups is 1. The highest BCUT2D eigenvalue weighted by molar-refractivity contribution is 9.10. The lowest BCUT2D eigenvalue weighted by molar-refractivity contribution is 0.404. The summed E-state index contributed by atoms with van der Waals surface area (Å²) in [4.78, 5) is 5.76. The molecule has 0 spiro atoms. The molecule has 3 nitrogen and oxygen atoms in total. The number of methoxy groups -OCH3 is 1. The summed E-state index contributed by atoms with van der Waals surface area (Å²) >= 11 is 5.31. The van der Waals surface area contributed by atoms with Gasteiger partial charge in [-0.2, -0.15) is 0 Å². The van der Waals surface area contributed by atoms with E-state index in [1.807, 2.05) is 12.1 Å². The standard InChI is InChI=1S/C18H19BrN2OS/c1-22-16-8-7-14(19)11-17(16)23-12-13-5-2-3-6-15(13)18-20-9-4-10-21-18/h2-3,5-8,11H,4,9-10,12H2,1H3,(H,20,21). The summed E-state index contributed by atoms with van der Waals surface area (Å²) in [5.41, 5.74) is 2.49. The maximum Gasteiger partial charge on any atom is 0.132 e. The van der Waals surface area contributed by atoms with Gasteiger partial charge in [0.15, 0.2) is 0 Å². The van der Waals surface area contributed by atoms with E-state index < -0.39 is 0 Å². The Kier molecular flexibility index (Phi) is 5.62. The first-order valence-corrected chi connectivity index (χ1v) is 9.39. The summed E-state index contributed by atoms with van der Waals surface area (Å²) in [7, 11) is 1.71. The van der Waals surface area contributed by atoms with Crippen LogP contribution in [0.4, 0.5) is 0 Å². The summed E-state index contributed by atoms with van der Waals surface area (Å²) in [6.07, 6.45) is 1.11. The molecule has 2 aromatic rings. The van der Waals surface area contributed by atoms with Gasteiger partial charge in [-0.3, -0.25) is 4.99 Å². The Morgan fingerprint density at radius 2 is 2.13 bits per heavy atom. The quantitative estimate of drug-likeness (QED) is 0.763. The summed E-state index contributed by atoms with van der Waals surface area (Å²) in [6.45, 7) is 1.91. The SMILES string of the molecule is COc1ccc(Br)cc1SCc1ccccc1C1=NCCCN1. The van der Waals surface area contributed by atoms with E-state index in [4.69, 9.17) is 4.74 Å². The van der Waals surface area contributed by atoms with Crippen LogP contribution in [0.15, 0.2) is 56.8 Å². The largest absolute Gasteiger partial charge is 0.496 e. The fraction of sp³-hybridized carbons (Fsp3) is 0.278. The molecule has 0 radical (unpaired) electrons. The van der Waals surface area contributed by atoms with Gasteiger partial charge in [-0.25, -0.2) is 0 Å². The van der Waals surface area contributed by atoms with E-state index in [1.165, 1.54) is 11.1 Å². The zero-order valence-electron chi connectivity index (χ0n) is 13.0. The van der Waals surface area contributed by atoms with Crippen molar-refractivity contribution in [3.05, 3.63) is 58.1 Å². The van der Waals surface area contributed by atoms with Crippen LogP contribution in [0, 0.1) is 0 Å². The number of hydrogen-bond acceptors (Lipinski definition) is 4. The van der Waals surface area contributed by atoms with E-state index in [1.54, 1.807) is 18.9 Å². The first kappa shape index (κ1) is 16.4. The van der Waals surface area contributed by atoms with E-state index in [2.05, 4.69) is 56.6 Å². The molecular weight excluding hydrogens is 372 g/mol. The van der Waals surface area contributed by atoms with Crippen molar-refractivity contribution < 1.29 is 4.74 Å². The second-order valence-electron chi connectivity index (χ2n) is 5.25. The maximum atomic E-state index is 5.46. The van der Waals surface area contributed by atoms with Gasteiger partial charge in [0.1, 0.15) is 11.6 Å². The summed E-state index contributed by atoms with van der Waals surface area (Å²) < 4.78 is 6.52. The molecule has 1 aliphatic heterocycles. The van der Waals surface area contributed by atoms with Crippen molar-refractivity contribution in [3.63, 3.8) is 0 Å². The molecule has 2 aromatic carbocycles. The number of thioether (sulfide) groups is 1. The predicted octanol–water partition coefficient (Wildman–Crippen LogP) is 4.49. The van der Waals surface area contributed by atoms with Gasteiger partial charge in [-0.15, -0.1) is 11.8 Å². The Hall–Kier alpha value is -1.46. The highest BCUT2D eigenvalue weighted by atomic mass is 79.9. The third-order valence-corrected chi connectivity index (χ3v) is 5.26. The maximum absolute atomic E-state index is 5.46. The molecule has 0 amide bonds. The van der Waals surface area contributed by atoms with Crippen molar-refractivity contribution in [2.75, 3.05) is 20.2 Å². The van der Waals surface area contributed by atoms with Crippen LogP contribution < -0.4 is 10.1 Å².